The molecule has 5 nitrogen and oxygen atoms in total. The van der Waals surface area contributed by atoms with Gasteiger partial charge in [-0.3, -0.25) is 0 Å². The highest BCUT2D eigenvalue weighted by atomic mass is 35.5. The van der Waals surface area contributed by atoms with Crippen LogP contribution in [0.5, 0.6) is 11.5 Å². The molecule has 0 radical (unpaired) electrons. The lowest BCUT2D eigenvalue weighted by Crippen LogP contribution is -2.07. The number of benzene rings is 1. The van der Waals surface area contributed by atoms with Crippen molar-refractivity contribution in [3.05, 3.63) is 18.0 Å². The normalized spacial score (nSPS) is 10.9. The fourth-order valence-electron chi connectivity index (χ4n) is 2.04. The van der Waals surface area contributed by atoms with Crippen LogP contribution in [0.3, 0.4) is 0 Å². The Hall–Kier alpha value is -1.46. The van der Waals surface area contributed by atoms with Crippen LogP contribution < -0.4 is 9.47 Å². The van der Waals surface area contributed by atoms with Crippen LogP contribution in [0.1, 0.15) is 5.82 Å². The van der Waals surface area contributed by atoms with Crippen molar-refractivity contribution < 1.29 is 14.2 Å². The molecule has 1 aromatic carbocycles. The highest BCUT2D eigenvalue weighted by Gasteiger charge is 2.14. The number of hydrogen-bond acceptors (Lipinski definition) is 4. The molecule has 0 aliphatic heterocycles. The molecular formula is C13H17ClN2O3. The monoisotopic (exact) mass is 284 g/mol. The molecule has 104 valence electrons. The number of ether oxygens (including phenoxy) is 3. The molecule has 6 heteroatoms. The lowest BCUT2D eigenvalue weighted by molar-refractivity contribution is 0.187. The number of fused-ring (bicyclic) bond motifs is 1. The Morgan fingerprint density at radius 3 is 2.42 bits per heavy atom. The predicted octanol–water partition coefficient (Wildman–Crippen LogP) is 2.44. The van der Waals surface area contributed by atoms with Crippen LogP contribution in [0.15, 0.2) is 12.1 Å². The summed E-state index contributed by atoms with van der Waals surface area (Å²) >= 11 is 5.94. The molecule has 2 rings (SSSR count). The lowest BCUT2D eigenvalue weighted by Gasteiger charge is -2.09. The third kappa shape index (κ3) is 2.62. The number of nitrogens with zero attached hydrogens (tertiary/aromatic N) is 2. The first-order valence-corrected chi connectivity index (χ1v) is 6.44. The number of rotatable bonds is 6. The van der Waals surface area contributed by atoms with Crippen molar-refractivity contribution in [1.82, 2.24) is 9.55 Å². The summed E-state index contributed by atoms with van der Waals surface area (Å²) in [6.07, 6.45) is 0. The number of halogens is 1. The second kappa shape index (κ2) is 6.12. The molecule has 0 bridgehead atoms. The molecule has 1 aromatic heterocycles. The summed E-state index contributed by atoms with van der Waals surface area (Å²) in [5, 5.41) is 0. The predicted molar refractivity (Wildman–Crippen MR) is 74.3 cm³/mol. The van der Waals surface area contributed by atoms with Crippen molar-refractivity contribution in [2.45, 2.75) is 12.4 Å². The smallest absolute Gasteiger partial charge is 0.163 e. The van der Waals surface area contributed by atoms with Gasteiger partial charge in [0.2, 0.25) is 0 Å². The summed E-state index contributed by atoms with van der Waals surface area (Å²) < 4.78 is 17.7. The molecule has 0 saturated carbocycles. The molecule has 2 aromatic rings. The Bertz CT molecular complexity index is 569. The van der Waals surface area contributed by atoms with E-state index in [0.717, 1.165) is 16.9 Å². The summed E-state index contributed by atoms with van der Waals surface area (Å²) in [6.45, 7) is 1.30. The zero-order valence-electron chi connectivity index (χ0n) is 11.3. The second-order valence-electron chi connectivity index (χ2n) is 4.00. The lowest BCUT2D eigenvalue weighted by atomic mass is 10.2. The molecule has 0 unspecified atom stereocenters. The number of alkyl halides is 1. The van der Waals surface area contributed by atoms with Gasteiger partial charge >= 0.3 is 0 Å². The van der Waals surface area contributed by atoms with Crippen LogP contribution in [-0.4, -0.2) is 37.5 Å². The molecule has 0 spiro atoms. The van der Waals surface area contributed by atoms with Crippen molar-refractivity contribution in [2.24, 2.45) is 0 Å². The first-order chi connectivity index (χ1) is 9.24. The van der Waals surface area contributed by atoms with Gasteiger partial charge in [-0.2, -0.15) is 0 Å². The van der Waals surface area contributed by atoms with E-state index in [0.29, 0.717) is 30.5 Å². The van der Waals surface area contributed by atoms with E-state index in [9.17, 15) is 0 Å². The molecule has 0 amide bonds. The van der Waals surface area contributed by atoms with Crippen LogP contribution in [0.2, 0.25) is 0 Å². The zero-order chi connectivity index (χ0) is 13.8. The van der Waals surface area contributed by atoms with Crippen LogP contribution in [-0.2, 0) is 17.2 Å². The highest BCUT2D eigenvalue weighted by molar-refractivity contribution is 6.16. The maximum absolute atomic E-state index is 5.94. The van der Waals surface area contributed by atoms with Crippen molar-refractivity contribution in [1.29, 1.82) is 0 Å². The highest BCUT2D eigenvalue weighted by Crippen LogP contribution is 2.32. The molecule has 1 heterocycles. The Morgan fingerprint density at radius 2 is 1.84 bits per heavy atom. The van der Waals surface area contributed by atoms with E-state index in [-0.39, 0.29) is 0 Å². The van der Waals surface area contributed by atoms with E-state index in [1.807, 2.05) is 16.7 Å². The van der Waals surface area contributed by atoms with E-state index in [1.54, 1.807) is 21.3 Å². The van der Waals surface area contributed by atoms with Gasteiger partial charge in [0.1, 0.15) is 5.82 Å². The van der Waals surface area contributed by atoms with Gasteiger partial charge < -0.3 is 18.8 Å². The number of hydrogen-bond donors (Lipinski definition) is 0. The van der Waals surface area contributed by atoms with Crippen LogP contribution in [0.25, 0.3) is 11.0 Å². The molecule has 19 heavy (non-hydrogen) atoms. The van der Waals surface area contributed by atoms with E-state index in [1.165, 1.54) is 0 Å². The molecule has 0 atom stereocenters. The van der Waals surface area contributed by atoms with Crippen molar-refractivity contribution in [3.8, 4) is 11.5 Å². The summed E-state index contributed by atoms with van der Waals surface area (Å²) in [7, 11) is 4.89. The SMILES string of the molecule is COCCn1c(CCl)nc2cc(OC)c(OC)cc21. The summed E-state index contributed by atoms with van der Waals surface area (Å²) in [6, 6.07) is 3.76. The molecule has 0 aliphatic rings. The minimum atomic E-state index is 0.350. The maximum Gasteiger partial charge on any atom is 0.163 e. The van der Waals surface area contributed by atoms with E-state index in [4.69, 9.17) is 25.8 Å². The van der Waals surface area contributed by atoms with Gasteiger partial charge in [0, 0.05) is 25.8 Å². The summed E-state index contributed by atoms with van der Waals surface area (Å²) in [5.41, 5.74) is 1.80. The van der Waals surface area contributed by atoms with E-state index < -0.39 is 0 Å². The summed E-state index contributed by atoms with van der Waals surface area (Å²) in [4.78, 5) is 4.51. The molecule has 0 saturated heterocycles. The topological polar surface area (TPSA) is 45.5 Å². The molecular weight excluding hydrogens is 268 g/mol. The minimum absolute atomic E-state index is 0.350. The van der Waals surface area contributed by atoms with Crippen molar-refractivity contribution in [2.75, 3.05) is 27.9 Å². The fraction of sp³-hybridized carbons (Fsp3) is 0.462. The zero-order valence-corrected chi connectivity index (χ0v) is 12.0. The molecule has 0 N–H and O–H groups in total. The average Bonchev–Trinajstić information content (AvgIpc) is 2.80. The number of aromatic nitrogens is 2. The van der Waals surface area contributed by atoms with Gasteiger partial charge in [-0.15, -0.1) is 11.6 Å². The van der Waals surface area contributed by atoms with Gasteiger partial charge in [0.05, 0.1) is 37.7 Å². The standard InChI is InChI=1S/C13H17ClN2O3/c1-17-5-4-16-10-7-12(19-3)11(18-2)6-9(10)15-13(16)8-14/h6-7H,4-5,8H2,1-3H3. The molecule has 0 aliphatic carbocycles. The van der Waals surface area contributed by atoms with E-state index >= 15 is 0 Å². The number of imidazole rings is 1. The second-order valence-corrected chi connectivity index (χ2v) is 4.27. The van der Waals surface area contributed by atoms with Crippen LogP contribution in [0, 0.1) is 0 Å². The Kier molecular flexibility index (Phi) is 4.50. The van der Waals surface area contributed by atoms with Crippen LogP contribution in [0.4, 0.5) is 0 Å². The fourth-order valence-corrected chi connectivity index (χ4v) is 2.24. The minimum Gasteiger partial charge on any atom is -0.493 e. The first kappa shape index (κ1) is 14.0. The Labute approximate surface area is 117 Å². The Morgan fingerprint density at radius 1 is 1.16 bits per heavy atom. The third-order valence-corrected chi connectivity index (χ3v) is 3.21. The quantitative estimate of drug-likeness (QED) is 0.765. The van der Waals surface area contributed by atoms with Crippen molar-refractivity contribution in [3.63, 3.8) is 0 Å². The molecule has 0 fully saturated rings. The van der Waals surface area contributed by atoms with Crippen molar-refractivity contribution >= 4 is 22.6 Å². The van der Waals surface area contributed by atoms with Gasteiger partial charge in [-0.25, -0.2) is 4.98 Å². The van der Waals surface area contributed by atoms with Gasteiger partial charge in [-0.1, -0.05) is 0 Å². The Balaban J connectivity index is 2.57. The third-order valence-electron chi connectivity index (χ3n) is 2.97. The van der Waals surface area contributed by atoms with E-state index in [2.05, 4.69) is 4.98 Å². The average molecular weight is 285 g/mol. The largest absolute Gasteiger partial charge is 0.493 e. The van der Waals surface area contributed by atoms with Crippen LogP contribution >= 0.6 is 11.6 Å². The van der Waals surface area contributed by atoms with Gasteiger partial charge in [0.15, 0.2) is 11.5 Å². The number of methoxy groups -OCH3 is 3. The first-order valence-electron chi connectivity index (χ1n) is 5.91. The maximum atomic E-state index is 5.94. The van der Waals surface area contributed by atoms with Gasteiger partial charge in [-0.05, 0) is 0 Å². The van der Waals surface area contributed by atoms with Gasteiger partial charge in [0.25, 0.3) is 0 Å². The summed E-state index contributed by atoms with van der Waals surface area (Å²) in [5.74, 6) is 2.49.